The van der Waals surface area contributed by atoms with Gasteiger partial charge in [0.15, 0.2) is 5.66 Å². The van der Waals surface area contributed by atoms with Crippen LogP contribution in [0.25, 0.3) is 0 Å². The van der Waals surface area contributed by atoms with Gasteiger partial charge >= 0.3 is 0 Å². The summed E-state index contributed by atoms with van der Waals surface area (Å²) in [7, 11) is 0. The van der Waals surface area contributed by atoms with Gasteiger partial charge in [0, 0.05) is 26.2 Å². The monoisotopic (exact) mass is 303 g/mol. The lowest BCUT2D eigenvalue weighted by atomic mass is 10.0. The molecular formula is C17H29N5. The third-order valence-electron chi connectivity index (χ3n) is 6.34. The van der Waals surface area contributed by atoms with E-state index in [1.165, 1.54) is 38.5 Å². The quantitative estimate of drug-likeness (QED) is 0.739. The Bertz CT molecular complexity index is 435. The molecule has 0 spiro atoms. The van der Waals surface area contributed by atoms with E-state index in [0.29, 0.717) is 0 Å². The van der Waals surface area contributed by atoms with Crippen molar-refractivity contribution in [2.75, 3.05) is 26.2 Å². The molecule has 4 rings (SSSR count). The van der Waals surface area contributed by atoms with Crippen molar-refractivity contribution in [1.29, 1.82) is 0 Å². The Kier molecular flexibility index (Phi) is 2.96. The van der Waals surface area contributed by atoms with Crippen molar-refractivity contribution >= 4 is 0 Å². The molecule has 5 nitrogen and oxygen atoms in total. The molecule has 4 aliphatic heterocycles. The minimum Gasteiger partial charge on any atom is -0.331 e. The Morgan fingerprint density at radius 1 is 0.727 bits per heavy atom. The number of nitrogens with two attached hydrogens (primary N) is 1. The van der Waals surface area contributed by atoms with Crippen LogP contribution in [0, 0.1) is 0 Å². The Labute approximate surface area is 134 Å². The van der Waals surface area contributed by atoms with Crippen molar-refractivity contribution in [1.82, 2.24) is 19.6 Å². The summed E-state index contributed by atoms with van der Waals surface area (Å²) in [6, 6.07) is 0. The zero-order valence-electron chi connectivity index (χ0n) is 13.9. The molecule has 4 saturated heterocycles. The molecule has 4 bridgehead atoms. The number of hydrogen-bond donors (Lipinski definition) is 1. The Hall–Kier alpha value is -1.36. The average molecular weight is 303 g/mol. The highest BCUT2D eigenvalue weighted by atomic mass is 15.7. The van der Waals surface area contributed by atoms with E-state index in [2.05, 4.69) is 39.7 Å². The second-order valence-corrected chi connectivity index (χ2v) is 7.31. The first kappa shape index (κ1) is 14.2. The smallest absolute Gasteiger partial charge is 0.212 e. The first-order valence-corrected chi connectivity index (χ1v) is 8.80. The van der Waals surface area contributed by atoms with Crippen molar-refractivity contribution in [3.05, 3.63) is 24.8 Å². The molecule has 122 valence electrons. The molecule has 0 radical (unpaired) electrons. The maximum atomic E-state index is 7.17. The van der Waals surface area contributed by atoms with Crippen LogP contribution in [0.3, 0.4) is 0 Å². The van der Waals surface area contributed by atoms with Crippen molar-refractivity contribution in [3.8, 4) is 0 Å². The van der Waals surface area contributed by atoms with Crippen LogP contribution >= 0.6 is 0 Å². The molecule has 0 aliphatic carbocycles. The summed E-state index contributed by atoms with van der Waals surface area (Å²) in [5.41, 5.74) is 6.92. The summed E-state index contributed by atoms with van der Waals surface area (Å²) in [5.74, 6) is 1.68. The summed E-state index contributed by atoms with van der Waals surface area (Å²) in [6.45, 7) is 15.2. The Balaban J connectivity index is 1.89. The van der Waals surface area contributed by atoms with Gasteiger partial charge in [0.1, 0.15) is 11.6 Å². The van der Waals surface area contributed by atoms with Crippen LogP contribution in [0.15, 0.2) is 24.8 Å². The molecule has 4 aliphatic rings. The van der Waals surface area contributed by atoms with Gasteiger partial charge in [-0.05, 0) is 45.4 Å². The summed E-state index contributed by atoms with van der Waals surface area (Å²) in [6.07, 6.45) is 7.38. The van der Waals surface area contributed by atoms with E-state index >= 15 is 0 Å². The van der Waals surface area contributed by atoms with Crippen molar-refractivity contribution in [3.63, 3.8) is 0 Å². The highest BCUT2D eigenvalue weighted by Gasteiger charge is 2.71. The summed E-state index contributed by atoms with van der Waals surface area (Å²) < 4.78 is 0. The molecule has 0 atom stereocenters. The fourth-order valence-electron chi connectivity index (χ4n) is 5.11. The molecule has 2 N–H and O–H groups in total. The molecule has 4 heterocycles. The summed E-state index contributed by atoms with van der Waals surface area (Å²) >= 11 is 0. The lowest BCUT2D eigenvalue weighted by molar-refractivity contribution is -0.0434. The van der Waals surface area contributed by atoms with Gasteiger partial charge in [0.25, 0.3) is 0 Å². The van der Waals surface area contributed by atoms with Crippen LogP contribution in [0.1, 0.15) is 45.4 Å². The number of fused-ring (bicyclic) bond motifs is 9. The molecule has 0 aromatic heterocycles. The topological polar surface area (TPSA) is 39.0 Å². The SMILES string of the molecule is C=C1N2CCCCCN1[C@]1(N)N3CCCCCN(C3=C)[C@]21C. The van der Waals surface area contributed by atoms with E-state index < -0.39 is 5.79 Å². The third-order valence-corrected chi connectivity index (χ3v) is 6.34. The first-order valence-electron chi connectivity index (χ1n) is 8.80. The fraction of sp³-hybridized carbons (Fsp3) is 0.765. The van der Waals surface area contributed by atoms with E-state index in [0.717, 1.165) is 37.8 Å². The molecule has 0 aromatic carbocycles. The van der Waals surface area contributed by atoms with Gasteiger partial charge in [0.05, 0.1) is 0 Å². The molecule has 0 unspecified atom stereocenters. The van der Waals surface area contributed by atoms with Gasteiger partial charge in [-0.1, -0.05) is 13.2 Å². The van der Waals surface area contributed by atoms with E-state index in [4.69, 9.17) is 5.73 Å². The summed E-state index contributed by atoms with van der Waals surface area (Å²) in [4.78, 5) is 9.65. The zero-order valence-corrected chi connectivity index (χ0v) is 13.9. The van der Waals surface area contributed by atoms with Gasteiger partial charge in [-0.2, -0.15) is 0 Å². The molecule has 22 heavy (non-hydrogen) atoms. The minimum atomic E-state index is -0.532. The standard InChI is InChI=1S/C17H29N5/c1-14-19-10-6-4-8-12-21(14)17(18)16(19,3)20-11-7-5-9-13-22(17)15(20)2/h1-2,4-13,18H2,3H3/t16-,17-. The lowest BCUT2D eigenvalue weighted by Crippen LogP contribution is -2.72. The number of rotatable bonds is 0. The van der Waals surface area contributed by atoms with Crippen LogP contribution in [0.2, 0.25) is 0 Å². The van der Waals surface area contributed by atoms with E-state index in [1.807, 2.05) is 0 Å². The van der Waals surface area contributed by atoms with E-state index in [-0.39, 0.29) is 5.66 Å². The van der Waals surface area contributed by atoms with E-state index in [1.54, 1.807) is 0 Å². The van der Waals surface area contributed by atoms with Crippen LogP contribution in [-0.4, -0.2) is 57.2 Å². The van der Waals surface area contributed by atoms with Crippen LogP contribution in [0.4, 0.5) is 0 Å². The molecular weight excluding hydrogens is 274 g/mol. The van der Waals surface area contributed by atoms with Crippen molar-refractivity contribution < 1.29 is 0 Å². The second kappa shape index (κ2) is 4.57. The molecule has 5 heteroatoms. The van der Waals surface area contributed by atoms with Crippen LogP contribution < -0.4 is 5.73 Å². The minimum absolute atomic E-state index is 0.254. The highest BCUT2D eigenvalue weighted by Crippen LogP contribution is 2.54. The van der Waals surface area contributed by atoms with Crippen molar-refractivity contribution in [2.45, 2.75) is 56.9 Å². The maximum Gasteiger partial charge on any atom is 0.212 e. The normalized spacial score (nSPS) is 38.6. The zero-order chi connectivity index (χ0) is 15.5. The third kappa shape index (κ3) is 1.43. The molecule has 0 amide bonds. The van der Waals surface area contributed by atoms with E-state index in [9.17, 15) is 0 Å². The molecule has 0 aromatic rings. The average Bonchev–Trinajstić information content (AvgIpc) is 2.75. The van der Waals surface area contributed by atoms with Crippen LogP contribution in [0.5, 0.6) is 0 Å². The highest BCUT2D eigenvalue weighted by molar-refractivity contribution is 5.31. The first-order chi connectivity index (χ1) is 10.5. The Morgan fingerprint density at radius 3 is 1.50 bits per heavy atom. The van der Waals surface area contributed by atoms with Gasteiger partial charge in [0.2, 0.25) is 5.79 Å². The van der Waals surface area contributed by atoms with Crippen molar-refractivity contribution in [2.24, 2.45) is 5.73 Å². The predicted octanol–water partition coefficient (Wildman–Crippen LogP) is 1.86. The largest absolute Gasteiger partial charge is 0.331 e. The predicted molar refractivity (Wildman–Crippen MR) is 88.1 cm³/mol. The van der Waals surface area contributed by atoms with Gasteiger partial charge in [-0.15, -0.1) is 0 Å². The molecule has 0 saturated carbocycles. The van der Waals surface area contributed by atoms with Crippen LogP contribution in [-0.2, 0) is 0 Å². The number of hydrogen-bond acceptors (Lipinski definition) is 5. The van der Waals surface area contributed by atoms with Gasteiger partial charge < -0.3 is 19.6 Å². The molecule has 4 fully saturated rings. The Morgan fingerprint density at radius 2 is 1.09 bits per heavy atom. The van der Waals surface area contributed by atoms with Gasteiger partial charge in [-0.3, -0.25) is 5.73 Å². The lowest BCUT2D eigenvalue weighted by Gasteiger charge is -2.46. The maximum absolute atomic E-state index is 7.17. The fourth-order valence-corrected chi connectivity index (χ4v) is 5.11. The number of nitrogens with zero attached hydrogens (tertiary/aromatic N) is 4. The van der Waals surface area contributed by atoms with Gasteiger partial charge in [-0.25, -0.2) is 0 Å². The summed E-state index contributed by atoms with van der Waals surface area (Å²) in [5, 5.41) is 0. The second-order valence-electron chi connectivity index (χ2n) is 7.31.